The summed E-state index contributed by atoms with van der Waals surface area (Å²) in [7, 11) is 0. The lowest BCUT2D eigenvalue weighted by molar-refractivity contribution is -0.130. The smallest absolute Gasteiger partial charge is 0.222 e. The van der Waals surface area contributed by atoms with Crippen LogP contribution < -0.4 is 5.73 Å². The van der Waals surface area contributed by atoms with Crippen LogP contribution in [0.5, 0.6) is 0 Å². The summed E-state index contributed by atoms with van der Waals surface area (Å²) in [6.07, 6.45) is 6.61. The van der Waals surface area contributed by atoms with Gasteiger partial charge in [-0.3, -0.25) is 9.69 Å². The third-order valence-electron chi connectivity index (χ3n) is 4.24. The highest BCUT2D eigenvalue weighted by molar-refractivity contribution is 5.76. The van der Waals surface area contributed by atoms with Crippen molar-refractivity contribution in [2.24, 2.45) is 5.73 Å². The van der Waals surface area contributed by atoms with E-state index in [1.54, 1.807) is 0 Å². The van der Waals surface area contributed by atoms with Crippen LogP contribution >= 0.6 is 0 Å². The molecule has 2 rings (SSSR count). The Labute approximate surface area is 110 Å². The van der Waals surface area contributed by atoms with E-state index in [4.69, 9.17) is 5.73 Å². The molecule has 0 aromatic heterocycles. The Kier molecular flexibility index (Phi) is 5.01. The van der Waals surface area contributed by atoms with Gasteiger partial charge < -0.3 is 10.6 Å². The molecule has 2 heterocycles. The van der Waals surface area contributed by atoms with Gasteiger partial charge >= 0.3 is 0 Å². The number of nitrogens with two attached hydrogens (primary N) is 1. The van der Waals surface area contributed by atoms with Crippen molar-refractivity contribution in [3.05, 3.63) is 0 Å². The Hall–Kier alpha value is -0.610. The van der Waals surface area contributed by atoms with E-state index in [1.165, 1.54) is 32.4 Å². The zero-order valence-electron chi connectivity index (χ0n) is 11.6. The normalized spacial score (nSPS) is 27.4. The zero-order valence-corrected chi connectivity index (χ0v) is 11.6. The maximum Gasteiger partial charge on any atom is 0.222 e. The summed E-state index contributed by atoms with van der Waals surface area (Å²) in [5, 5.41) is 0. The lowest BCUT2D eigenvalue weighted by atomic mass is 10.1. The number of rotatable bonds is 4. The van der Waals surface area contributed by atoms with Crippen molar-refractivity contribution in [3.63, 3.8) is 0 Å². The Bertz CT molecular complexity index is 274. The molecule has 2 aliphatic rings. The molecule has 0 saturated carbocycles. The number of carbonyl (C=O) groups is 1. The summed E-state index contributed by atoms with van der Waals surface area (Å²) < 4.78 is 0. The van der Waals surface area contributed by atoms with Crippen molar-refractivity contribution in [1.82, 2.24) is 9.80 Å². The summed E-state index contributed by atoms with van der Waals surface area (Å²) in [4.78, 5) is 16.7. The van der Waals surface area contributed by atoms with Gasteiger partial charge in [0.05, 0.1) is 0 Å². The molecule has 1 amide bonds. The van der Waals surface area contributed by atoms with Gasteiger partial charge in [0, 0.05) is 31.6 Å². The Morgan fingerprint density at radius 2 is 2.00 bits per heavy atom. The number of hydrogen-bond donors (Lipinski definition) is 1. The van der Waals surface area contributed by atoms with Crippen LogP contribution in [-0.4, -0.2) is 54.0 Å². The fourth-order valence-electron chi connectivity index (χ4n) is 3.06. The molecule has 104 valence electrons. The average molecular weight is 253 g/mol. The van der Waals surface area contributed by atoms with Gasteiger partial charge in [0.15, 0.2) is 0 Å². The Balaban J connectivity index is 1.75. The van der Waals surface area contributed by atoms with Gasteiger partial charge in [-0.1, -0.05) is 6.42 Å². The maximum atomic E-state index is 12.0. The first-order chi connectivity index (χ1) is 8.66. The lowest BCUT2D eigenvalue weighted by Gasteiger charge is -2.32. The molecule has 0 aromatic rings. The molecule has 2 fully saturated rings. The molecular formula is C14H27N3O. The minimum atomic E-state index is 0.134. The van der Waals surface area contributed by atoms with Gasteiger partial charge in [0.25, 0.3) is 0 Å². The highest BCUT2D eigenvalue weighted by Crippen LogP contribution is 2.20. The molecule has 0 aliphatic carbocycles. The standard InChI is InChI=1S/C14H27N3O/c1-12(15)5-6-14(18)17-10-7-13(11-17)16-8-3-2-4-9-16/h12-13H,2-11,15H2,1H3. The second kappa shape index (κ2) is 6.53. The van der Waals surface area contributed by atoms with Crippen molar-refractivity contribution in [1.29, 1.82) is 0 Å². The second-order valence-electron chi connectivity index (χ2n) is 5.89. The van der Waals surface area contributed by atoms with Crippen LogP contribution in [-0.2, 0) is 4.79 Å². The molecule has 0 radical (unpaired) electrons. The average Bonchev–Trinajstić information content (AvgIpc) is 2.86. The van der Waals surface area contributed by atoms with Crippen LogP contribution in [0.3, 0.4) is 0 Å². The van der Waals surface area contributed by atoms with Gasteiger partial charge in [0.1, 0.15) is 0 Å². The van der Waals surface area contributed by atoms with Gasteiger partial charge in [0.2, 0.25) is 5.91 Å². The minimum absolute atomic E-state index is 0.134. The predicted octanol–water partition coefficient (Wildman–Crippen LogP) is 1.20. The van der Waals surface area contributed by atoms with Crippen LogP contribution in [0, 0.1) is 0 Å². The van der Waals surface area contributed by atoms with E-state index in [0.717, 1.165) is 25.9 Å². The highest BCUT2D eigenvalue weighted by atomic mass is 16.2. The molecule has 2 N–H and O–H groups in total. The molecule has 4 nitrogen and oxygen atoms in total. The van der Waals surface area contributed by atoms with Crippen LogP contribution in [0.4, 0.5) is 0 Å². The molecule has 18 heavy (non-hydrogen) atoms. The molecule has 0 bridgehead atoms. The van der Waals surface area contributed by atoms with E-state index in [-0.39, 0.29) is 6.04 Å². The van der Waals surface area contributed by atoms with Crippen molar-refractivity contribution in [2.75, 3.05) is 26.2 Å². The molecule has 2 unspecified atom stereocenters. The number of nitrogens with zero attached hydrogens (tertiary/aromatic N) is 2. The number of carbonyl (C=O) groups excluding carboxylic acids is 1. The first-order valence-corrected chi connectivity index (χ1v) is 7.44. The van der Waals surface area contributed by atoms with Crippen LogP contribution in [0.2, 0.25) is 0 Å². The zero-order chi connectivity index (χ0) is 13.0. The summed E-state index contributed by atoms with van der Waals surface area (Å²) in [6, 6.07) is 0.749. The first-order valence-electron chi connectivity index (χ1n) is 7.44. The van der Waals surface area contributed by atoms with Crippen molar-refractivity contribution >= 4 is 5.91 Å². The van der Waals surface area contributed by atoms with Crippen molar-refractivity contribution in [2.45, 2.75) is 57.5 Å². The molecule has 2 aliphatic heterocycles. The molecule has 0 spiro atoms. The fourth-order valence-corrected chi connectivity index (χ4v) is 3.06. The van der Waals surface area contributed by atoms with E-state index in [0.29, 0.717) is 18.4 Å². The number of piperidine rings is 1. The number of hydrogen-bond acceptors (Lipinski definition) is 3. The van der Waals surface area contributed by atoms with Gasteiger partial charge in [-0.05, 0) is 45.7 Å². The number of likely N-dealkylation sites (tertiary alicyclic amines) is 2. The molecule has 4 heteroatoms. The molecule has 2 atom stereocenters. The minimum Gasteiger partial charge on any atom is -0.341 e. The van der Waals surface area contributed by atoms with E-state index in [2.05, 4.69) is 4.90 Å². The number of amides is 1. The van der Waals surface area contributed by atoms with Gasteiger partial charge in [-0.15, -0.1) is 0 Å². The summed E-state index contributed by atoms with van der Waals surface area (Å²) in [6.45, 7) is 6.31. The third-order valence-corrected chi connectivity index (χ3v) is 4.24. The molecular weight excluding hydrogens is 226 g/mol. The summed E-state index contributed by atoms with van der Waals surface area (Å²) in [5.74, 6) is 0.298. The van der Waals surface area contributed by atoms with Gasteiger partial charge in [-0.2, -0.15) is 0 Å². The highest BCUT2D eigenvalue weighted by Gasteiger charge is 2.30. The van der Waals surface area contributed by atoms with E-state index >= 15 is 0 Å². The van der Waals surface area contributed by atoms with Crippen molar-refractivity contribution in [3.8, 4) is 0 Å². The van der Waals surface area contributed by atoms with Gasteiger partial charge in [-0.25, -0.2) is 0 Å². The Morgan fingerprint density at radius 1 is 1.28 bits per heavy atom. The Morgan fingerprint density at radius 3 is 2.67 bits per heavy atom. The maximum absolute atomic E-state index is 12.0. The topological polar surface area (TPSA) is 49.6 Å². The fraction of sp³-hybridized carbons (Fsp3) is 0.929. The van der Waals surface area contributed by atoms with Crippen LogP contribution in [0.25, 0.3) is 0 Å². The van der Waals surface area contributed by atoms with Crippen molar-refractivity contribution < 1.29 is 4.79 Å². The summed E-state index contributed by atoms with van der Waals surface area (Å²) >= 11 is 0. The first kappa shape index (κ1) is 13.8. The van der Waals surface area contributed by atoms with Crippen LogP contribution in [0.1, 0.15) is 45.4 Å². The predicted molar refractivity (Wildman–Crippen MR) is 73.3 cm³/mol. The van der Waals surface area contributed by atoms with E-state index < -0.39 is 0 Å². The van der Waals surface area contributed by atoms with Crippen LogP contribution in [0.15, 0.2) is 0 Å². The molecule has 2 saturated heterocycles. The SMILES string of the molecule is CC(N)CCC(=O)N1CCC(N2CCCCC2)C1. The summed E-state index contributed by atoms with van der Waals surface area (Å²) in [5.41, 5.74) is 5.70. The lowest BCUT2D eigenvalue weighted by Crippen LogP contribution is -2.41. The van der Waals surface area contributed by atoms with E-state index in [1.807, 2.05) is 11.8 Å². The third kappa shape index (κ3) is 3.69. The second-order valence-corrected chi connectivity index (χ2v) is 5.89. The molecule has 0 aromatic carbocycles. The van der Waals surface area contributed by atoms with E-state index in [9.17, 15) is 4.79 Å². The largest absolute Gasteiger partial charge is 0.341 e. The quantitative estimate of drug-likeness (QED) is 0.819. The monoisotopic (exact) mass is 253 g/mol.